The van der Waals surface area contributed by atoms with Crippen molar-refractivity contribution >= 4 is 23.3 Å². The van der Waals surface area contributed by atoms with E-state index in [0.29, 0.717) is 13.2 Å². The number of carboxylic acids is 1. The molecule has 7 heteroatoms. The fraction of sp³-hybridized carbons (Fsp3) is 0.571. The summed E-state index contributed by atoms with van der Waals surface area (Å²) in [5.41, 5.74) is -1.23. The largest absolute Gasteiger partial charge is 0.480 e. The number of carbonyl (C=O) groups excluding carboxylic acids is 1. The highest BCUT2D eigenvalue weighted by atomic mass is 32.1. The van der Waals surface area contributed by atoms with Crippen molar-refractivity contribution in [3.8, 4) is 0 Å². The third kappa shape index (κ3) is 3.74. The average molecular weight is 312 g/mol. The molecule has 1 unspecified atom stereocenters. The number of urea groups is 1. The molecule has 0 aliphatic carbocycles. The second kappa shape index (κ2) is 6.44. The Morgan fingerprint density at radius 2 is 2.05 bits per heavy atom. The Labute approximate surface area is 127 Å². The molecule has 1 fully saturated rings. The molecular weight excluding hydrogens is 292 g/mol. The number of amides is 2. The highest BCUT2D eigenvalue weighted by Gasteiger charge is 2.41. The lowest BCUT2D eigenvalue weighted by Gasteiger charge is -2.34. The minimum absolute atomic E-state index is 0.158. The number of thiophene rings is 1. The molecule has 1 aromatic heterocycles. The Morgan fingerprint density at radius 1 is 1.38 bits per heavy atom. The molecule has 0 saturated carbocycles. The number of carboxylic acid groups (broad SMARTS) is 1. The van der Waals surface area contributed by atoms with E-state index in [0.717, 1.165) is 4.88 Å². The minimum Gasteiger partial charge on any atom is -0.480 e. The topological polar surface area (TPSA) is 87.7 Å². The SMILES string of the molecule is Cc1ccc(C(C)NC(=O)NC2(C(=O)O)CCOCC2)s1. The lowest BCUT2D eigenvalue weighted by Crippen LogP contribution is -2.59. The fourth-order valence-electron chi connectivity index (χ4n) is 2.32. The molecule has 2 amide bonds. The molecule has 1 aliphatic heterocycles. The quantitative estimate of drug-likeness (QED) is 0.794. The van der Waals surface area contributed by atoms with Crippen LogP contribution < -0.4 is 10.6 Å². The van der Waals surface area contributed by atoms with E-state index in [4.69, 9.17) is 4.74 Å². The molecule has 1 atom stereocenters. The predicted octanol–water partition coefficient (Wildman–Crippen LogP) is 2.05. The zero-order chi connectivity index (χ0) is 15.5. The number of aryl methyl sites for hydroxylation is 1. The maximum atomic E-state index is 12.1. The van der Waals surface area contributed by atoms with Gasteiger partial charge in [0.1, 0.15) is 5.54 Å². The van der Waals surface area contributed by atoms with Crippen molar-refractivity contribution < 1.29 is 19.4 Å². The number of rotatable bonds is 4. The third-order valence-corrected chi connectivity index (χ3v) is 4.83. The van der Waals surface area contributed by atoms with E-state index < -0.39 is 17.5 Å². The van der Waals surface area contributed by atoms with Gasteiger partial charge in [0.05, 0.1) is 6.04 Å². The van der Waals surface area contributed by atoms with Crippen LogP contribution in [0.5, 0.6) is 0 Å². The number of nitrogens with one attached hydrogen (secondary N) is 2. The standard InChI is InChI=1S/C14H20N2O4S/c1-9-3-4-11(21-9)10(2)15-13(19)16-14(12(17)18)5-7-20-8-6-14/h3-4,10H,5-8H2,1-2H3,(H,17,18)(H2,15,16,19). The fourth-order valence-corrected chi connectivity index (χ4v) is 3.20. The number of carbonyl (C=O) groups is 2. The second-order valence-electron chi connectivity index (χ2n) is 5.27. The van der Waals surface area contributed by atoms with E-state index in [2.05, 4.69) is 10.6 Å². The first kappa shape index (κ1) is 15.8. The van der Waals surface area contributed by atoms with Gasteiger partial charge in [-0.15, -0.1) is 11.3 Å². The van der Waals surface area contributed by atoms with E-state index in [-0.39, 0.29) is 18.9 Å². The van der Waals surface area contributed by atoms with Gasteiger partial charge >= 0.3 is 12.0 Å². The van der Waals surface area contributed by atoms with Gasteiger partial charge in [0.25, 0.3) is 0 Å². The summed E-state index contributed by atoms with van der Waals surface area (Å²) in [4.78, 5) is 25.8. The Morgan fingerprint density at radius 3 is 2.57 bits per heavy atom. The van der Waals surface area contributed by atoms with Crippen molar-refractivity contribution in [2.24, 2.45) is 0 Å². The van der Waals surface area contributed by atoms with Gasteiger partial charge < -0.3 is 20.5 Å². The van der Waals surface area contributed by atoms with Crippen molar-refractivity contribution in [3.63, 3.8) is 0 Å². The van der Waals surface area contributed by atoms with Crippen LogP contribution in [0.3, 0.4) is 0 Å². The number of hydrogen-bond acceptors (Lipinski definition) is 4. The molecule has 1 saturated heterocycles. The zero-order valence-electron chi connectivity index (χ0n) is 12.1. The van der Waals surface area contributed by atoms with Gasteiger partial charge in [-0.3, -0.25) is 0 Å². The highest BCUT2D eigenvalue weighted by Crippen LogP contribution is 2.23. The lowest BCUT2D eigenvalue weighted by molar-refractivity contribution is -0.148. The van der Waals surface area contributed by atoms with E-state index >= 15 is 0 Å². The number of ether oxygens (including phenoxy) is 1. The van der Waals surface area contributed by atoms with Crippen molar-refractivity contribution in [2.75, 3.05) is 13.2 Å². The van der Waals surface area contributed by atoms with E-state index in [1.54, 1.807) is 11.3 Å². The van der Waals surface area contributed by atoms with Gasteiger partial charge in [0, 0.05) is 35.8 Å². The van der Waals surface area contributed by atoms with Gasteiger partial charge in [-0.05, 0) is 26.0 Å². The van der Waals surface area contributed by atoms with Crippen molar-refractivity contribution in [1.82, 2.24) is 10.6 Å². The van der Waals surface area contributed by atoms with Gasteiger partial charge in [0.2, 0.25) is 0 Å². The molecule has 0 radical (unpaired) electrons. The molecule has 2 heterocycles. The summed E-state index contributed by atoms with van der Waals surface area (Å²) in [5, 5.41) is 14.8. The average Bonchev–Trinajstić information content (AvgIpc) is 2.86. The summed E-state index contributed by atoms with van der Waals surface area (Å²) in [7, 11) is 0. The molecule has 0 aromatic carbocycles. The van der Waals surface area contributed by atoms with Gasteiger partial charge in [-0.25, -0.2) is 9.59 Å². The molecule has 0 spiro atoms. The van der Waals surface area contributed by atoms with Crippen molar-refractivity contribution in [2.45, 2.75) is 38.3 Å². The smallest absolute Gasteiger partial charge is 0.329 e. The number of aliphatic carboxylic acids is 1. The van der Waals surface area contributed by atoms with Crippen LogP contribution in [0.2, 0.25) is 0 Å². The van der Waals surface area contributed by atoms with Crippen LogP contribution >= 0.6 is 11.3 Å². The first-order chi connectivity index (χ1) is 9.93. The summed E-state index contributed by atoms with van der Waals surface area (Å²) in [6.07, 6.45) is 0.560. The van der Waals surface area contributed by atoms with Crippen molar-refractivity contribution in [1.29, 1.82) is 0 Å². The van der Waals surface area contributed by atoms with Gasteiger partial charge in [0.15, 0.2) is 0 Å². The molecule has 2 rings (SSSR count). The highest BCUT2D eigenvalue weighted by molar-refractivity contribution is 7.12. The molecule has 1 aromatic rings. The maximum Gasteiger partial charge on any atom is 0.329 e. The molecule has 3 N–H and O–H groups in total. The Hall–Kier alpha value is -1.60. The normalized spacial score (nSPS) is 18.8. The van der Waals surface area contributed by atoms with Crippen LogP contribution in [0.4, 0.5) is 4.79 Å². The van der Waals surface area contributed by atoms with Crippen LogP contribution in [0, 0.1) is 6.92 Å². The minimum atomic E-state index is -1.23. The second-order valence-corrected chi connectivity index (χ2v) is 6.59. The predicted molar refractivity (Wildman–Crippen MR) is 79.6 cm³/mol. The maximum absolute atomic E-state index is 12.1. The molecule has 116 valence electrons. The number of hydrogen-bond donors (Lipinski definition) is 3. The summed E-state index contributed by atoms with van der Waals surface area (Å²) in [6, 6.07) is 3.34. The van der Waals surface area contributed by atoms with Gasteiger partial charge in [-0.1, -0.05) is 0 Å². The van der Waals surface area contributed by atoms with Crippen LogP contribution in [-0.2, 0) is 9.53 Å². The van der Waals surface area contributed by atoms with E-state index in [1.165, 1.54) is 4.88 Å². The molecule has 1 aliphatic rings. The molecule has 6 nitrogen and oxygen atoms in total. The van der Waals surface area contributed by atoms with E-state index in [9.17, 15) is 14.7 Å². The summed E-state index contributed by atoms with van der Waals surface area (Å²) < 4.78 is 5.18. The third-order valence-electron chi connectivity index (χ3n) is 3.64. The van der Waals surface area contributed by atoms with Crippen molar-refractivity contribution in [3.05, 3.63) is 21.9 Å². The monoisotopic (exact) mass is 312 g/mol. The zero-order valence-corrected chi connectivity index (χ0v) is 13.0. The first-order valence-electron chi connectivity index (χ1n) is 6.89. The first-order valence-corrected chi connectivity index (χ1v) is 7.71. The lowest BCUT2D eigenvalue weighted by atomic mass is 9.90. The van der Waals surface area contributed by atoms with Crippen LogP contribution in [0.15, 0.2) is 12.1 Å². The van der Waals surface area contributed by atoms with E-state index in [1.807, 2.05) is 26.0 Å². The Kier molecular flexibility index (Phi) is 4.84. The van der Waals surface area contributed by atoms with Crippen LogP contribution in [0.1, 0.15) is 35.6 Å². The summed E-state index contributed by atoms with van der Waals surface area (Å²) in [6.45, 7) is 4.56. The Balaban J connectivity index is 1.98. The van der Waals surface area contributed by atoms with Gasteiger partial charge in [-0.2, -0.15) is 0 Å². The van der Waals surface area contributed by atoms with Crippen LogP contribution in [-0.4, -0.2) is 35.9 Å². The summed E-state index contributed by atoms with van der Waals surface area (Å²) >= 11 is 1.61. The van der Waals surface area contributed by atoms with Crippen LogP contribution in [0.25, 0.3) is 0 Å². The molecular formula is C14H20N2O4S. The molecule has 0 bridgehead atoms. The summed E-state index contributed by atoms with van der Waals surface area (Å²) in [5.74, 6) is -1.01. The Bertz CT molecular complexity index is 523. The molecule has 21 heavy (non-hydrogen) atoms.